The lowest BCUT2D eigenvalue weighted by molar-refractivity contribution is -0.135. The van der Waals surface area contributed by atoms with Crippen molar-refractivity contribution in [1.82, 2.24) is 4.90 Å². The van der Waals surface area contributed by atoms with Gasteiger partial charge in [-0.15, -0.1) is 0 Å². The Balaban J connectivity index is 1.80. The van der Waals surface area contributed by atoms with Gasteiger partial charge in [-0.05, 0) is 24.1 Å². The molecule has 0 unspecified atom stereocenters. The number of esters is 1. The van der Waals surface area contributed by atoms with Crippen LogP contribution in [0, 0.1) is 5.92 Å². The van der Waals surface area contributed by atoms with Gasteiger partial charge in [0.05, 0.1) is 18.8 Å². The summed E-state index contributed by atoms with van der Waals surface area (Å²) in [5.41, 5.74) is 3.21. The van der Waals surface area contributed by atoms with Crippen LogP contribution >= 0.6 is 0 Å². The van der Waals surface area contributed by atoms with Crippen molar-refractivity contribution in [2.45, 2.75) is 32.5 Å². The molecular formula is C22H23N3O3. The molecular weight excluding hydrogens is 354 g/mol. The van der Waals surface area contributed by atoms with Crippen molar-refractivity contribution >= 4 is 23.3 Å². The predicted octanol–water partition coefficient (Wildman–Crippen LogP) is 3.14. The number of benzene rings is 2. The number of para-hydroxylation sites is 1. The Hall–Kier alpha value is -3.15. The van der Waals surface area contributed by atoms with E-state index in [0.717, 1.165) is 16.8 Å². The first-order chi connectivity index (χ1) is 13.5. The summed E-state index contributed by atoms with van der Waals surface area (Å²) in [5, 5.41) is 6.21. The lowest BCUT2D eigenvalue weighted by Gasteiger charge is -2.32. The first kappa shape index (κ1) is 18.2. The monoisotopic (exact) mass is 377 g/mol. The van der Waals surface area contributed by atoms with Crippen molar-refractivity contribution in [1.29, 1.82) is 0 Å². The number of anilines is 1. The van der Waals surface area contributed by atoms with Crippen molar-refractivity contribution in [3.63, 3.8) is 0 Å². The Bertz CT molecular complexity index is 941. The molecule has 2 aromatic carbocycles. The van der Waals surface area contributed by atoms with E-state index in [1.165, 1.54) is 7.11 Å². The molecule has 0 spiro atoms. The molecule has 6 nitrogen and oxygen atoms in total. The molecule has 0 fully saturated rings. The van der Waals surface area contributed by atoms with Crippen molar-refractivity contribution < 1.29 is 14.3 Å². The van der Waals surface area contributed by atoms with Gasteiger partial charge in [-0.3, -0.25) is 9.80 Å². The minimum absolute atomic E-state index is 0.0392. The number of rotatable bonds is 3. The molecule has 0 saturated heterocycles. The predicted molar refractivity (Wildman–Crippen MR) is 107 cm³/mol. The molecule has 0 aromatic heterocycles. The molecule has 0 bridgehead atoms. The van der Waals surface area contributed by atoms with Crippen LogP contribution < -0.4 is 5.01 Å². The average Bonchev–Trinajstić information content (AvgIpc) is 3.02. The van der Waals surface area contributed by atoms with Crippen LogP contribution in [0.2, 0.25) is 0 Å². The van der Waals surface area contributed by atoms with Gasteiger partial charge >= 0.3 is 5.97 Å². The third-order valence-electron chi connectivity index (χ3n) is 5.64. The fourth-order valence-corrected chi connectivity index (χ4v) is 4.02. The summed E-state index contributed by atoms with van der Waals surface area (Å²) in [5.74, 6) is -0.896. The molecule has 2 aliphatic rings. The number of methoxy groups -OCH3 is 1. The SMILES string of the molecule is COC(=O)C1=NN2c3ccccc3CN([C@@H](C)c3ccccc3)C(=O)[C@H]2[C@@H]1C. The number of hydrogen-bond acceptors (Lipinski definition) is 5. The number of nitrogens with zero attached hydrogens (tertiary/aromatic N) is 3. The Morgan fingerprint density at radius 1 is 1.14 bits per heavy atom. The Morgan fingerprint density at radius 2 is 1.82 bits per heavy atom. The second kappa shape index (κ2) is 7.11. The quantitative estimate of drug-likeness (QED) is 0.771. The minimum Gasteiger partial charge on any atom is -0.464 e. The lowest BCUT2D eigenvalue weighted by atomic mass is 9.95. The zero-order chi connectivity index (χ0) is 19.8. The topological polar surface area (TPSA) is 62.2 Å². The first-order valence-corrected chi connectivity index (χ1v) is 9.42. The van der Waals surface area contributed by atoms with Gasteiger partial charge in [0.15, 0.2) is 5.71 Å². The zero-order valence-corrected chi connectivity index (χ0v) is 16.2. The van der Waals surface area contributed by atoms with E-state index >= 15 is 0 Å². The number of hydrazone groups is 1. The minimum atomic E-state index is -0.566. The van der Waals surface area contributed by atoms with Crippen LogP contribution in [-0.4, -0.2) is 35.6 Å². The number of carbonyl (C=O) groups is 2. The molecule has 1 amide bonds. The lowest BCUT2D eigenvalue weighted by Crippen LogP contribution is -2.47. The van der Waals surface area contributed by atoms with Gasteiger partial charge in [0.25, 0.3) is 0 Å². The van der Waals surface area contributed by atoms with Gasteiger partial charge in [0, 0.05) is 12.5 Å². The first-order valence-electron chi connectivity index (χ1n) is 9.42. The normalized spacial score (nSPS) is 22.1. The fourth-order valence-electron chi connectivity index (χ4n) is 4.02. The van der Waals surface area contributed by atoms with Crippen LogP contribution in [0.4, 0.5) is 5.69 Å². The standard InChI is InChI=1S/C22H23N3O3/c1-14-19(22(27)28-3)23-25-18-12-8-7-11-17(18)13-24(21(26)20(14)25)15(2)16-9-5-4-6-10-16/h4-12,14-15,20H,13H2,1-3H3/t14-,15+,20-/m1/s1. The van der Waals surface area contributed by atoms with E-state index in [-0.39, 0.29) is 23.6 Å². The number of fused-ring (bicyclic) bond motifs is 3. The van der Waals surface area contributed by atoms with Crippen molar-refractivity contribution in [2.75, 3.05) is 12.1 Å². The average molecular weight is 377 g/mol. The number of ether oxygens (including phenoxy) is 1. The van der Waals surface area contributed by atoms with E-state index in [1.807, 2.05) is 73.3 Å². The number of carbonyl (C=O) groups excluding carboxylic acids is 2. The molecule has 2 aliphatic heterocycles. The van der Waals surface area contributed by atoms with Crippen LogP contribution in [0.5, 0.6) is 0 Å². The highest BCUT2D eigenvalue weighted by Gasteiger charge is 2.47. The summed E-state index contributed by atoms with van der Waals surface area (Å²) >= 11 is 0. The van der Waals surface area contributed by atoms with Crippen LogP contribution in [0.3, 0.4) is 0 Å². The highest BCUT2D eigenvalue weighted by molar-refractivity contribution is 6.39. The van der Waals surface area contributed by atoms with Crippen molar-refractivity contribution in [3.05, 3.63) is 65.7 Å². The second-order valence-corrected chi connectivity index (χ2v) is 7.24. The van der Waals surface area contributed by atoms with E-state index in [1.54, 1.807) is 5.01 Å². The molecule has 0 N–H and O–H groups in total. The van der Waals surface area contributed by atoms with Gasteiger partial charge in [0.1, 0.15) is 6.04 Å². The summed E-state index contributed by atoms with van der Waals surface area (Å²) in [6.07, 6.45) is 0. The highest BCUT2D eigenvalue weighted by Crippen LogP contribution is 2.38. The molecule has 2 aromatic rings. The van der Waals surface area contributed by atoms with E-state index in [4.69, 9.17) is 4.74 Å². The third kappa shape index (κ3) is 2.85. The fraction of sp³-hybridized carbons (Fsp3) is 0.318. The van der Waals surface area contributed by atoms with Crippen LogP contribution in [0.15, 0.2) is 59.7 Å². The van der Waals surface area contributed by atoms with Gasteiger partial charge in [0.2, 0.25) is 5.91 Å². The van der Waals surface area contributed by atoms with Crippen LogP contribution in [0.25, 0.3) is 0 Å². The number of hydrogen-bond donors (Lipinski definition) is 0. The Kier molecular flexibility index (Phi) is 4.63. The van der Waals surface area contributed by atoms with Gasteiger partial charge < -0.3 is 9.64 Å². The van der Waals surface area contributed by atoms with Crippen LogP contribution in [-0.2, 0) is 20.9 Å². The summed E-state index contributed by atoms with van der Waals surface area (Å²) in [7, 11) is 1.33. The van der Waals surface area contributed by atoms with Crippen molar-refractivity contribution in [3.8, 4) is 0 Å². The second-order valence-electron chi connectivity index (χ2n) is 7.24. The Morgan fingerprint density at radius 3 is 2.54 bits per heavy atom. The van der Waals surface area contributed by atoms with Gasteiger partial charge in [-0.25, -0.2) is 4.79 Å². The number of amides is 1. The van der Waals surface area contributed by atoms with E-state index in [2.05, 4.69) is 5.10 Å². The third-order valence-corrected chi connectivity index (χ3v) is 5.64. The molecule has 144 valence electrons. The van der Waals surface area contributed by atoms with Crippen molar-refractivity contribution in [2.24, 2.45) is 11.0 Å². The molecule has 28 heavy (non-hydrogen) atoms. The van der Waals surface area contributed by atoms with Crippen LogP contribution in [0.1, 0.15) is 31.0 Å². The largest absolute Gasteiger partial charge is 0.464 e. The summed E-state index contributed by atoms with van der Waals surface area (Å²) < 4.78 is 4.89. The molecule has 0 radical (unpaired) electrons. The van der Waals surface area contributed by atoms with Gasteiger partial charge in [-0.1, -0.05) is 55.5 Å². The van der Waals surface area contributed by atoms with E-state index in [9.17, 15) is 9.59 Å². The maximum atomic E-state index is 13.6. The molecule has 3 atom stereocenters. The van der Waals surface area contributed by atoms with E-state index < -0.39 is 12.0 Å². The summed E-state index contributed by atoms with van der Waals surface area (Å²) in [6.45, 7) is 4.39. The van der Waals surface area contributed by atoms with Gasteiger partial charge in [-0.2, -0.15) is 5.10 Å². The molecule has 2 heterocycles. The maximum Gasteiger partial charge on any atom is 0.354 e. The zero-order valence-electron chi connectivity index (χ0n) is 16.2. The smallest absolute Gasteiger partial charge is 0.354 e. The molecule has 0 saturated carbocycles. The summed E-state index contributed by atoms with van der Waals surface area (Å²) in [4.78, 5) is 27.7. The maximum absolute atomic E-state index is 13.6. The Labute approximate surface area is 164 Å². The molecule has 0 aliphatic carbocycles. The van der Waals surface area contributed by atoms with E-state index in [0.29, 0.717) is 6.54 Å². The highest BCUT2D eigenvalue weighted by atomic mass is 16.5. The molecule has 6 heteroatoms. The summed E-state index contributed by atoms with van der Waals surface area (Å²) in [6, 6.07) is 17.1. The molecule has 4 rings (SSSR count).